The molecular weight excluding hydrogens is 332 g/mol. The van der Waals surface area contributed by atoms with Gasteiger partial charge in [-0.05, 0) is 55.8 Å². The summed E-state index contributed by atoms with van der Waals surface area (Å²) in [6.07, 6.45) is 5.40. The Labute approximate surface area is 149 Å². The van der Waals surface area contributed by atoms with Gasteiger partial charge in [-0.15, -0.1) is 0 Å². The zero-order chi connectivity index (χ0) is 17.9. The van der Waals surface area contributed by atoms with Crippen LogP contribution in [0.15, 0.2) is 51.9 Å². The molecule has 5 rings (SSSR count). The summed E-state index contributed by atoms with van der Waals surface area (Å²) < 4.78 is 22.5. The molecule has 5 heteroatoms. The molecule has 2 aliphatic heterocycles. The van der Waals surface area contributed by atoms with E-state index in [2.05, 4.69) is 0 Å². The van der Waals surface area contributed by atoms with E-state index in [9.17, 15) is 4.79 Å². The van der Waals surface area contributed by atoms with Gasteiger partial charge < -0.3 is 18.6 Å². The van der Waals surface area contributed by atoms with Crippen LogP contribution >= 0.6 is 0 Å². The summed E-state index contributed by atoms with van der Waals surface area (Å²) in [6, 6.07) is 9.00. The van der Waals surface area contributed by atoms with Crippen molar-refractivity contribution in [1.29, 1.82) is 0 Å². The fraction of sp³-hybridized carbons (Fsp3) is 0.190. The van der Waals surface area contributed by atoms with Gasteiger partial charge in [0.05, 0.1) is 16.5 Å². The first-order valence-corrected chi connectivity index (χ1v) is 8.39. The zero-order valence-corrected chi connectivity index (χ0v) is 14.4. The number of hydrogen-bond donors (Lipinski definition) is 0. The van der Waals surface area contributed by atoms with E-state index in [0.717, 1.165) is 11.1 Å². The van der Waals surface area contributed by atoms with Crippen LogP contribution < -0.4 is 19.6 Å². The van der Waals surface area contributed by atoms with Crippen molar-refractivity contribution in [3.05, 3.63) is 58.5 Å². The van der Waals surface area contributed by atoms with Gasteiger partial charge in [0.2, 0.25) is 12.2 Å². The van der Waals surface area contributed by atoms with Crippen molar-refractivity contribution in [3.8, 4) is 28.4 Å². The maximum atomic E-state index is 13.0. The largest absolute Gasteiger partial charge is 0.483 e. The maximum absolute atomic E-state index is 13.0. The molecule has 0 radical (unpaired) electrons. The number of fused-ring (bicyclic) bond motifs is 4. The third kappa shape index (κ3) is 2.20. The van der Waals surface area contributed by atoms with Crippen LogP contribution in [0, 0.1) is 0 Å². The Bertz CT molecular complexity index is 1140. The second-order valence-corrected chi connectivity index (χ2v) is 6.94. The molecule has 26 heavy (non-hydrogen) atoms. The monoisotopic (exact) mass is 348 g/mol. The van der Waals surface area contributed by atoms with Gasteiger partial charge in [-0.1, -0.05) is 6.07 Å². The van der Waals surface area contributed by atoms with Gasteiger partial charge in [0.1, 0.15) is 23.2 Å². The van der Waals surface area contributed by atoms with Gasteiger partial charge >= 0.3 is 0 Å². The van der Waals surface area contributed by atoms with Gasteiger partial charge in [-0.3, -0.25) is 4.79 Å². The van der Waals surface area contributed by atoms with E-state index in [1.807, 2.05) is 38.1 Å². The second kappa shape index (κ2) is 5.14. The Hall–Kier alpha value is -3.21. The summed E-state index contributed by atoms with van der Waals surface area (Å²) in [7, 11) is 0. The van der Waals surface area contributed by atoms with Gasteiger partial charge in [0, 0.05) is 0 Å². The summed E-state index contributed by atoms with van der Waals surface area (Å²) in [4.78, 5) is 13.0. The number of rotatable bonds is 1. The van der Waals surface area contributed by atoms with Crippen molar-refractivity contribution in [2.24, 2.45) is 0 Å². The lowest BCUT2D eigenvalue weighted by molar-refractivity contribution is 0.159. The fourth-order valence-corrected chi connectivity index (χ4v) is 3.32. The van der Waals surface area contributed by atoms with E-state index >= 15 is 0 Å². The minimum absolute atomic E-state index is 0.0915. The lowest BCUT2D eigenvalue weighted by Crippen LogP contribution is -2.27. The molecule has 0 bridgehead atoms. The molecule has 0 saturated heterocycles. The van der Waals surface area contributed by atoms with Crippen LogP contribution in [-0.2, 0) is 0 Å². The molecule has 0 N–H and O–H groups in total. The summed E-state index contributed by atoms with van der Waals surface area (Å²) in [5.41, 5.74) is 2.06. The first-order valence-electron chi connectivity index (χ1n) is 8.39. The lowest BCUT2D eigenvalue weighted by Gasteiger charge is -2.27. The molecule has 0 atom stereocenters. The van der Waals surface area contributed by atoms with E-state index in [0.29, 0.717) is 33.8 Å². The predicted octanol–water partition coefficient (Wildman–Crippen LogP) is 4.37. The summed E-state index contributed by atoms with van der Waals surface area (Å²) in [5, 5.41) is 0.520. The molecule has 3 heterocycles. The molecule has 0 unspecified atom stereocenters. The van der Waals surface area contributed by atoms with Gasteiger partial charge in [0.25, 0.3) is 0 Å². The van der Waals surface area contributed by atoms with E-state index in [4.69, 9.17) is 18.6 Å². The third-order valence-electron chi connectivity index (χ3n) is 4.65. The molecule has 130 valence electrons. The van der Waals surface area contributed by atoms with Gasteiger partial charge in [-0.25, -0.2) is 0 Å². The highest BCUT2D eigenvalue weighted by atomic mass is 16.7. The highest BCUT2D eigenvalue weighted by molar-refractivity contribution is 5.91. The average molecular weight is 348 g/mol. The molecule has 0 fully saturated rings. The molecule has 2 aromatic carbocycles. The van der Waals surface area contributed by atoms with Crippen LogP contribution in [-0.4, -0.2) is 12.4 Å². The van der Waals surface area contributed by atoms with Crippen LogP contribution in [0.2, 0.25) is 0 Å². The molecular formula is C21H16O5. The highest BCUT2D eigenvalue weighted by Crippen LogP contribution is 2.38. The maximum Gasteiger partial charge on any atom is 0.231 e. The van der Waals surface area contributed by atoms with Crippen LogP contribution in [0.3, 0.4) is 0 Å². The average Bonchev–Trinajstić information content (AvgIpc) is 3.08. The molecule has 0 spiro atoms. The van der Waals surface area contributed by atoms with Crippen molar-refractivity contribution < 1.29 is 18.6 Å². The smallest absolute Gasteiger partial charge is 0.231 e. The molecule has 1 aromatic heterocycles. The number of hydrogen-bond acceptors (Lipinski definition) is 5. The van der Waals surface area contributed by atoms with Crippen LogP contribution in [0.4, 0.5) is 0 Å². The first-order chi connectivity index (χ1) is 12.5. The molecule has 0 amide bonds. The van der Waals surface area contributed by atoms with Crippen molar-refractivity contribution in [2.75, 3.05) is 6.79 Å². The Morgan fingerprint density at radius 2 is 1.81 bits per heavy atom. The summed E-state index contributed by atoms with van der Waals surface area (Å²) in [5.74, 6) is 2.02. The predicted molar refractivity (Wildman–Crippen MR) is 97.8 cm³/mol. The lowest BCUT2D eigenvalue weighted by atomic mass is 9.99. The molecule has 0 aliphatic carbocycles. The van der Waals surface area contributed by atoms with Crippen molar-refractivity contribution in [3.63, 3.8) is 0 Å². The Kier molecular flexibility index (Phi) is 2.98. The van der Waals surface area contributed by atoms with Crippen molar-refractivity contribution >= 4 is 17.0 Å². The number of benzene rings is 2. The summed E-state index contributed by atoms with van der Waals surface area (Å²) in [6.45, 7) is 4.16. The fourth-order valence-electron chi connectivity index (χ4n) is 3.32. The normalized spacial score (nSPS) is 16.4. The number of ether oxygens (including phenoxy) is 3. The quantitative estimate of drug-likeness (QED) is 0.653. The second-order valence-electron chi connectivity index (χ2n) is 6.94. The molecule has 3 aromatic rings. The topological polar surface area (TPSA) is 57.9 Å². The Morgan fingerprint density at radius 3 is 2.69 bits per heavy atom. The first kappa shape index (κ1) is 15.1. The highest BCUT2D eigenvalue weighted by Gasteiger charge is 2.24. The van der Waals surface area contributed by atoms with Crippen LogP contribution in [0.5, 0.6) is 17.2 Å². The Balaban J connectivity index is 1.68. The van der Waals surface area contributed by atoms with Crippen molar-refractivity contribution in [1.82, 2.24) is 0 Å². The SMILES string of the molecule is CC1(C)C=Cc2c(ccc3c(=O)c(-c4ccc5c(c4)OCO5)coc23)O1. The standard InChI is InChI=1S/C21H16O5/c1-21(2)8-7-13-16(26-21)6-4-14-19(22)15(10-23-20(13)14)12-3-5-17-18(9-12)25-11-24-17/h3-10H,11H2,1-2H3. The van der Waals surface area contributed by atoms with Crippen LogP contribution in [0.25, 0.3) is 28.2 Å². The van der Waals surface area contributed by atoms with Crippen molar-refractivity contribution in [2.45, 2.75) is 19.4 Å². The van der Waals surface area contributed by atoms with E-state index in [1.165, 1.54) is 6.26 Å². The Morgan fingerprint density at radius 1 is 1.00 bits per heavy atom. The minimum atomic E-state index is -0.382. The van der Waals surface area contributed by atoms with E-state index < -0.39 is 0 Å². The molecule has 2 aliphatic rings. The summed E-state index contributed by atoms with van der Waals surface area (Å²) >= 11 is 0. The van der Waals surface area contributed by atoms with E-state index in [1.54, 1.807) is 18.2 Å². The van der Waals surface area contributed by atoms with Crippen LogP contribution in [0.1, 0.15) is 19.4 Å². The molecule has 0 saturated carbocycles. The zero-order valence-electron chi connectivity index (χ0n) is 14.4. The van der Waals surface area contributed by atoms with Gasteiger partial charge in [0.15, 0.2) is 11.5 Å². The molecule has 5 nitrogen and oxygen atoms in total. The van der Waals surface area contributed by atoms with Gasteiger partial charge in [-0.2, -0.15) is 0 Å². The third-order valence-corrected chi connectivity index (χ3v) is 4.65. The minimum Gasteiger partial charge on any atom is -0.483 e. The van der Waals surface area contributed by atoms with E-state index in [-0.39, 0.29) is 17.8 Å².